The van der Waals surface area contributed by atoms with Gasteiger partial charge < -0.3 is 14.7 Å². The predicted octanol–water partition coefficient (Wildman–Crippen LogP) is 6.00. The number of rotatable bonds is 5. The molecule has 0 aromatic heterocycles. The summed E-state index contributed by atoms with van der Waals surface area (Å²) in [5.74, 6) is 0.0475. The van der Waals surface area contributed by atoms with Gasteiger partial charge in [0.25, 0.3) is 5.91 Å². The molecule has 0 saturated carbocycles. The van der Waals surface area contributed by atoms with Crippen LogP contribution >= 0.6 is 35.0 Å². The minimum atomic E-state index is -0.339. The molecule has 0 N–H and O–H groups in total. The Morgan fingerprint density at radius 3 is 2.28 bits per heavy atom. The Bertz CT molecular complexity index is 1260. The number of amides is 2. The number of benzene rings is 2. The van der Waals surface area contributed by atoms with Crippen LogP contribution in [0.2, 0.25) is 10.0 Å². The Morgan fingerprint density at radius 1 is 1.00 bits per heavy atom. The summed E-state index contributed by atoms with van der Waals surface area (Å²) in [5.41, 5.74) is 2.51. The molecule has 2 aliphatic heterocycles. The molecular weight excluding hydrogens is 515 g/mol. The molecule has 36 heavy (non-hydrogen) atoms. The number of nitrogens with zero attached hydrogens (tertiary/aromatic N) is 4. The van der Waals surface area contributed by atoms with Gasteiger partial charge in [0.1, 0.15) is 16.7 Å². The summed E-state index contributed by atoms with van der Waals surface area (Å²) in [6, 6.07) is 16.9. The number of hydrogen-bond acceptors (Lipinski definition) is 5. The van der Waals surface area contributed by atoms with Crippen molar-refractivity contribution < 1.29 is 9.59 Å². The summed E-state index contributed by atoms with van der Waals surface area (Å²) in [7, 11) is 0. The fourth-order valence-corrected chi connectivity index (χ4v) is 5.50. The number of nitriles is 1. The van der Waals surface area contributed by atoms with Crippen LogP contribution in [-0.2, 0) is 9.59 Å². The van der Waals surface area contributed by atoms with E-state index in [2.05, 4.69) is 6.07 Å². The van der Waals surface area contributed by atoms with E-state index in [1.807, 2.05) is 48.4 Å². The van der Waals surface area contributed by atoms with E-state index in [9.17, 15) is 14.9 Å². The van der Waals surface area contributed by atoms with Gasteiger partial charge in [-0.25, -0.2) is 0 Å². The molecule has 0 spiro atoms. The molecule has 0 radical (unpaired) electrons. The fourth-order valence-electron chi connectivity index (χ4n) is 4.17. The van der Waals surface area contributed by atoms with Crippen molar-refractivity contribution >= 4 is 58.2 Å². The van der Waals surface area contributed by atoms with E-state index in [4.69, 9.17) is 23.2 Å². The predicted molar refractivity (Wildman–Crippen MR) is 146 cm³/mol. The highest BCUT2D eigenvalue weighted by molar-refractivity contribution is 8.06. The number of thioether (sulfide) groups is 1. The van der Waals surface area contributed by atoms with Crippen molar-refractivity contribution in [3.8, 4) is 6.07 Å². The third kappa shape index (κ3) is 5.73. The van der Waals surface area contributed by atoms with Crippen LogP contribution in [0.1, 0.15) is 25.8 Å². The average Bonchev–Trinajstić information content (AvgIpc) is 3.29. The molecule has 1 saturated heterocycles. The molecule has 6 nitrogen and oxygen atoms in total. The zero-order valence-corrected chi connectivity index (χ0v) is 22.4. The molecule has 2 aromatic carbocycles. The lowest BCUT2D eigenvalue weighted by Gasteiger charge is -2.35. The number of hydrogen-bond donors (Lipinski definition) is 0. The van der Waals surface area contributed by atoms with E-state index < -0.39 is 0 Å². The van der Waals surface area contributed by atoms with Gasteiger partial charge in [-0.2, -0.15) is 5.26 Å². The summed E-state index contributed by atoms with van der Waals surface area (Å²) in [6.07, 6.45) is 0.492. The van der Waals surface area contributed by atoms with Gasteiger partial charge in [0.15, 0.2) is 0 Å². The lowest BCUT2D eigenvalue weighted by Crippen LogP contribution is -2.51. The molecule has 2 amide bonds. The molecule has 9 heteroatoms. The summed E-state index contributed by atoms with van der Waals surface area (Å²) in [4.78, 5) is 31.3. The van der Waals surface area contributed by atoms with Crippen LogP contribution in [0.15, 0.2) is 64.5 Å². The first-order valence-electron chi connectivity index (χ1n) is 11.7. The van der Waals surface area contributed by atoms with Gasteiger partial charge in [-0.05, 0) is 41.8 Å². The number of halogens is 2. The van der Waals surface area contributed by atoms with E-state index in [0.717, 1.165) is 16.9 Å². The Hall–Kier alpha value is -2.92. The zero-order valence-electron chi connectivity index (χ0n) is 20.1. The maximum Gasteiger partial charge on any atom is 0.267 e. The van der Waals surface area contributed by atoms with Crippen LogP contribution in [0, 0.1) is 17.2 Å². The monoisotopic (exact) mass is 540 g/mol. The second-order valence-corrected chi connectivity index (χ2v) is 10.7. The van der Waals surface area contributed by atoms with E-state index in [1.54, 1.807) is 34.1 Å². The molecule has 0 aliphatic carbocycles. The van der Waals surface area contributed by atoms with E-state index in [-0.39, 0.29) is 23.3 Å². The molecule has 2 heterocycles. The summed E-state index contributed by atoms with van der Waals surface area (Å²) in [5, 5.41) is 13.7. The first kappa shape index (κ1) is 26.2. The van der Waals surface area contributed by atoms with Gasteiger partial charge in [0, 0.05) is 53.7 Å². The highest BCUT2D eigenvalue weighted by Gasteiger charge is 2.33. The molecule has 2 aliphatic rings. The summed E-state index contributed by atoms with van der Waals surface area (Å²) in [6.45, 7) is 5.73. The fraction of sp³-hybridized carbons (Fsp3) is 0.296. The van der Waals surface area contributed by atoms with Crippen LogP contribution in [0.4, 0.5) is 5.69 Å². The first-order chi connectivity index (χ1) is 17.3. The van der Waals surface area contributed by atoms with Gasteiger partial charge in [0.05, 0.1) is 5.70 Å². The number of carbonyl (C=O) groups is 2. The molecule has 0 bridgehead atoms. The molecule has 4 rings (SSSR count). The summed E-state index contributed by atoms with van der Waals surface area (Å²) >= 11 is 13.7. The maximum absolute atomic E-state index is 13.5. The second-order valence-electron chi connectivity index (χ2n) is 9.01. The van der Waals surface area contributed by atoms with Gasteiger partial charge in [-0.15, -0.1) is 0 Å². The lowest BCUT2D eigenvalue weighted by atomic mass is 10.1. The Labute approximate surface area is 225 Å². The quantitative estimate of drug-likeness (QED) is 0.343. The van der Waals surface area contributed by atoms with Crippen molar-refractivity contribution in [2.75, 3.05) is 31.1 Å². The van der Waals surface area contributed by atoms with Crippen LogP contribution in [0.5, 0.6) is 0 Å². The number of piperazine rings is 1. The highest BCUT2D eigenvalue weighted by atomic mass is 35.5. The zero-order chi connectivity index (χ0) is 25.8. The number of anilines is 1. The topological polar surface area (TPSA) is 67.6 Å². The highest BCUT2D eigenvalue weighted by Crippen LogP contribution is 2.45. The van der Waals surface area contributed by atoms with Crippen molar-refractivity contribution in [3.05, 3.63) is 80.1 Å². The smallest absolute Gasteiger partial charge is 0.267 e. The van der Waals surface area contributed by atoms with Gasteiger partial charge in [0.2, 0.25) is 5.91 Å². The van der Waals surface area contributed by atoms with Gasteiger partial charge >= 0.3 is 0 Å². The van der Waals surface area contributed by atoms with E-state index >= 15 is 0 Å². The molecular formula is C27H26Cl2N4O2S. The lowest BCUT2D eigenvalue weighted by molar-refractivity contribution is -0.138. The first-order valence-corrected chi connectivity index (χ1v) is 13.3. The Morgan fingerprint density at radius 2 is 1.67 bits per heavy atom. The van der Waals surface area contributed by atoms with Gasteiger partial charge in [-0.1, -0.05) is 67.0 Å². The Kier molecular flexibility index (Phi) is 8.30. The van der Waals surface area contributed by atoms with E-state index in [1.165, 1.54) is 11.8 Å². The van der Waals surface area contributed by atoms with Gasteiger partial charge in [-0.3, -0.25) is 9.59 Å². The molecule has 186 valence electrons. The standard InChI is InChI=1S/C27H26Cl2N4O2S/c1-18(2)14-25(34)31-10-12-32(13-11-31)26(35)23(16-30)27-33(22-5-3-4-21(29)15-22)24(17-36-27)19-6-8-20(28)9-7-19/h3-9,15,17-18H,10-14H2,1-2H3/b27-23-. The minimum absolute atomic E-state index is 0.0575. The van der Waals surface area contributed by atoms with Crippen molar-refractivity contribution in [1.29, 1.82) is 5.26 Å². The summed E-state index contributed by atoms with van der Waals surface area (Å²) < 4.78 is 0. The van der Waals surface area contributed by atoms with Crippen LogP contribution in [0.3, 0.4) is 0 Å². The minimum Gasteiger partial charge on any atom is -0.339 e. The average molecular weight is 542 g/mol. The second kappa shape index (κ2) is 11.4. The van der Waals surface area contributed by atoms with Crippen LogP contribution in [-0.4, -0.2) is 47.8 Å². The van der Waals surface area contributed by atoms with E-state index in [0.29, 0.717) is 47.7 Å². The largest absolute Gasteiger partial charge is 0.339 e. The molecule has 0 unspecified atom stereocenters. The van der Waals surface area contributed by atoms with Crippen molar-refractivity contribution in [2.45, 2.75) is 20.3 Å². The maximum atomic E-state index is 13.5. The van der Waals surface area contributed by atoms with Crippen molar-refractivity contribution in [2.24, 2.45) is 5.92 Å². The molecule has 0 atom stereocenters. The van der Waals surface area contributed by atoms with Crippen molar-refractivity contribution in [1.82, 2.24) is 9.80 Å². The van der Waals surface area contributed by atoms with Crippen molar-refractivity contribution in [3.63, 3.8) is 0 Å². The third-order valence-electron chi connectivity index (χ3n) is 5.97. The molecule has 2 aromatic rings. The van der Waals surface area contributed by atoms with Crippen LogP contribution < -0.4 is 4.90 Å². The third-order valence-corrected chi connectivity index (χ3v) is 7.41. The molecule has 1 fully saturated rings. The Balaban J connectivity index is 1.63. The van der Waals surface area contributed by atoms with Crippen LogP contribution in [0.25, 0.3) is 5.70 Å². The normalized spacial score (nSPS) is 17.2. The SMILES string of the molecule is CC(C)CC(=O)N1CCN(C(=O)/C(C#N)=C2\SC=C(c3ccc(Cl)cc3)N2c2cccc(Cl)c2)CC1. The number of carbonyl (C=O) groups excluding carboxylic acids is 2.